The predicted octanol–water partition coefficient (Wildman–Crippen LogP) is 3.40. The van der Waals surface area contributed by atoms with Gasteiger partial charge >= 0.3 is 0 Å². The van der Waals surface area contributed by atoms with Crippen molar-refractivity contribution in [2.45, 2.75) is 6.42 Å². The molecule has 2 aromatic rings. The molecule has 2 rings (SSSR count). The van der Waals surface area contributed by atoms with Crippen molar-refractivity contribution in [2.24, 2.45) is 0 Å². The maximum atomic E-state index is 4.25. The second kappa shape index (κ2) is 4.72. The average Bonchev–Trinajstić information content (AvgIpc) is 2.72. The molecule has 0 aliphatic heterocycles. The van der Waals surface area contributed by atoms with E-state index in [2.05, 4.69) is 34.0 Å². The summed E-state index contributed by atoms with van der Waals surface area (Å²) in [5, 5.41) is 4.22. The molecule has 0 unspecified atom stereocenters. The van der Waals surface area contributed by atoms with Crippen LogP contribution in [0.4, 0.5) is 0 Å². The number of hydrogen-bond donors (Lipinski definition) is 0. The molecule has 0 amide bonds. The second-order valence-electron chi connectivity index (χ2n) is 2.98. The highest BCUT2D eigenvalue weighted by Crippen LogP contribution is 2.08. The smallest absolute Gasteiger partial charge is 0.0441 e. The van der Waals surface area contributed by atoms with Gasteiger partial charge in [0.05, 0.1) is 0 Å². The first-order valence-electron chi connectivity index (χ1n) is 4.54. The molecule has 0 N–H and O–H groups in total. The Balaban J connectivity index is 1.95. The van der Waals surface area contributed by atoms with E-state index in [4.69, 9.17) is 0 Å². The summed E-state index contributed by atoms with van der Waals surface area (Å²) in [5.41, 5.74) is 2.38. The van der Waals surface area contributed by atoms with E-state index in [9.17, 15) is 0 Å². The average molecular weight is 201 g/mol. The van der Waals surface area contributed by atoms with Crippen LogP contribution >= 0.6 is 11.3 Å². The van der Waals surface area contributed by atoms with Crippen LogP contribution in [-0.4, -0.2) is 4.98 Å². The molecule has 2 heterocycles. The van der Waals surface area contributed by atoms with Gasteiger partial charge in [0.25, 0.3) is 0 Å². The highest BCUT2D eigenvalue weighted by atomic mass is 32.1. The Bertz CT molecular complexity index is 390. The number of aromatic nitrogens is 1. The zero-order valence-electron chi connectivity index (χ0n) is 7.76. The van der Waals surface area contributed by atoms with E-state index >= 15 is 0 Å². The standard InChI is InChI=1S/C12H11NS/c1-2-8-13-12(5-1)6-3-4-11-7-9-14-10-11/h1-5,7-10H,6H2/b4-3+. The molecule has 0 radical (unpaired) electrons. The summed E-state index contributed by atoms with van der Waals surface area (Å²) in [6, 6.07) is 8.10. The number of rotatable bonds is 3. The van der Waals surface area contributed by atoms with Gasteiger partial charge in [0.15, 0.2) is 0 Å². The fraction of sp³-hybridized carbons (Fsp3) is 0.0833. The number of nitrogens with zero attached hydrogens (tertiary/aromatic N) is 1. The van der Waals surface area contributed by atoms with Crippen LogP contribution in [0.3, 0.4) is 0 Å². The third-order valence-electron chi connectivity index (χ3n) is 1.91. The third kappa shape index (κ3) is 2.54. The van der Waals surface area contributed by atoms with Crippen molar-refractivity contribution in [3.05, 3.63) is 58.6 Å². The van der Waals surface area contributed by atoms with Gasteiger partial charge in [-0.3, -0.25) is 4.98 Å². The van der Waals surface area contributed by atoms with Gasteiger partial charge in [-0.2, -0.15) is 11.3 Å². The summed E-state index contributed by atoms with van der Waals surface area (Å²) in [6.07, 6.45) is 7.00. The first-order valence-corrected chi connectivity index (χ1v) is 5.48. The third-order valence-corrected chi connectivity index (χ3v) is 2.61. The van der Waals surface area contributed by atoms with Crippen LogP contribution in [0.25, 0.3) is 6.08 Å². The molecule has 14 heavy (non-hydrogen) atoms. The van der Waals surface area contributed by atoms with Crippen molar-refractivity contribution in [1.82, 2.24) is 4.98 Å². The Morgan fingerprint density at radius 2 is 2.29 bits per heavy atom. The molecular weight excluding hydrogens is 190 g/mol. The van der Waals surface area contributed by atoms with Gasteiger partial charge in [-0.15, -0.1) is 0 Å². The predicted molar refractivity (Wildman–Crippen MR) is 61.3 cm³/mol. The minimum atomic E-state index is 0.899. The molecule has 0 aliphatic rings. The quantitative estimate of drug-likeness (QED) is 0.741. The molecular formula is C12H11NS. The van der Waals surface area contributed by atoms with Crippen LogP contribution in [0.15, 0.2) is 47.3 Å². The Hall–Kier alpha value is -1.41. The van der Waals surface area contributed by atoms with Crippen LogP contribution in [0.2, 0.25) is 0 Å². The lowest BCUT2D eigenvalue weighted by Crippen LogP contribution is -1.83. The minimum Gasteiger partial charge on any atom is -0.261 e. The largest absolute Gasteiger partial charge is 0.261 e. The second-order valence-corrected chi connectivity index (χ2v) is 3.76. The lowest BCUT2D eigenvalue weighted by molar-refractivity contribution is 1.11. The van der Waals surface area contributed by atoms with Crippen LogP contribution in [-0.2, 0) is 6.42 Å². The molecule has 70 valence electrons. The minimum absolute atomic E-state index is 0.899. The molecule has 0 atom stereocenters. The zero-order chi connectivity index (χ0) is 9.64. The highest BCUT2D eigenvalue weighted by Gasteiger charge is 1.88. The first-order chi connectivity index (χ1) is 6.95. The normalized spacial score (nSPS) is 10.9. The topological polar surface area (TPSA) is 12.9 Å². The van der Waals surface area contributed by atoms with Crippen molar-refractivity contribution in [2.75, 3.05) is 0 Å². The van der Waals surface area contributed by atoms with Crippen molar-refractivity contribution < 1.29 is 0 Å². The van der Waals surface area contributed by atoms with Gasteiger partial charge in [0.2, 0.25) is 0 Å². The summed E-state index contributed by atoms with van der Waals surface area (Å²) in [4.78, 5) is 4.25. The summed E-state index contributed by atoms with van der Waals surface area (Å²) in [7, 11) is 0. The van der Waals surface area contributed by atoms with E-state index < -0.39 is 0 Å². The molecule has 0 spiro atoms. The number of thiophene rings is 1. The van der Waals surface area contributed by atoms with Gasteiger partial charge in [-0.25, -0.2) is 0 Å². The Labute approximate surface area is 87.8 Å². The molecule has 0 saturated carbocycles. The molecule has 0 saturated heterocycles. The summed E-state index contributed by atoms with van der Waals surface area (Å²) >= 11 is 1.72. The van der Waals surface area contributed by atoms with Crippen LogP contribution in [0, 0.1) is 0 Å². The maximum Gasteiger partial charge on any atom is 0.0441 e. The van der Waals surface area contributed by atoms with Crippen molar-refractivity contribution in [3.63, 3.8) is 0 Å². The maximum absolute atomic E-state index is 4.25. The molecule has 2 heteroatoms. The number of hydrogen-bond acceptors (Lipinski definition) is 2. The zero-order valence-corrected chi connectivity index (χ0v) is 8.58. The highest BCUT2D eigenvalue weighted by molar-refractivity contribution is 7.08. The van der Waals surface area contributed by atoms with E-state index in [-0.39, 0.29) is 0 Å². The SMILES string of the molecule is C(=C\c1ccsc1)/Cc1ccccn1. The van der Waals surface area contributed by atoms with Gasteiger partial charge in [0.1, 0.15) is 0 Å². The van der Waals surface area contributed by atoms with E-state index in [1.165, 1.54) is 5.56 Å². The van der Waals surface area contributed by atoms with Crippen molar-refractivity contribution in [3.8, 4) is 0 Å². The van der Waals surface area contributed by atoms with E-state index in [0.717, 1.165) is 12.1 Å². The van der Waals surface area contributed by atoms with E-state index in [1.807, 2.05) is 24.4 Å². The fourth-order valence-electron chi connectivity index (χ4n) is 1.20. The Morgan fingerprint density at radius 3 is 3.00 bits per heavy atom. The van der Waals surface area contributed by atoms with Crippen LogP contribution in [0.5, 0.6) is 0 Å². The van der Waals surface area contributed by atoms with Crippen molar-refractivity contribution in [1.29, 1.82) is 0 Å². The Kier molecular flexibility index (Phi) is 3.09. The van der Waals surface area contributed by atoms with Gasteiger partial charge in [0, 0.05) is 18.3 Å². The molecule has 2 aromatic heterocycles. The molecule has 0 bridgehead atoms. The Morgan fingerprint density at radius 1 is 1.29 bits per heavy atom. The molecule has 1 nitrogen and oxygen atoms in total. The van der Waals surface area contributed by atoms with Crippen molar-refractivity contribution >= 4 is 17.4 Å². The van der Waals surface area contributed by atoms with E-state index in [0.29, 0.717) is 0 Å². The summed E-state index contributed by atoms with van der Waals surface area (Å²) in [5.74, 6) is 0. The summed E-state index contributed by atoms with van der Waals surface area (Å²) in [6.45, 7) is 0. The van der Waals surface area contributed by atoms with Gasteiger partial charge < -0.3 is 0 Å². The number of pyridine rings is 1. The molecule has 0 aromatic carbocycles. The molecule has 0 fully saturated rings. The van der Waals surface area contributed by atoms with E-state index in [1.54, 1.807) is 11.3 Å². The van der Waals surface area contributed by atoms with Crippen LogP contribution in [0.1, 0.15) is 11.3 Å². The lowest BCUT2D eigenvalue weighted by Gasteiger charge is -1.92. The molecule has 0 aliphatic carbocycles. The fourth-order valence-corrected chi connectivity index (χ4v) is 1.83. The number of allylic oxidation sites excluding steroid dienone is 1. The first kappa shape index (κ1) is 9.16. The van der Waals surface area contributed by atoms with Gasteiger partial charge in [-0.1, -0.05) is 18.2 Å². The van der Waals surface area contributed by atoms with Gasteiger partial charge in [-0.05, 0) is 34.5 Å². The lowest BCUT2D eigenvalue weighted by atomic mass is 10.2. The monoisotopic (exact) mass is 201 g/mol. The summed E-state index contributed by atoms with van der Waals surface area (Å²) < 4.78 is 0. The van der Waals surface area contributed by atoms with Crippen LogP contribution < -0.4 is 0 Å².